The zero-order valence-corrected chi connectivity index (χ0v) is 8.46. The monoisotopic (exact) mass is 191 g/mol. The Kier molecular flexibility index (Phi) is 1.14. The van der Waals surface area contributed by atoms with Gasteiger partial charge < -0.3 is 4.74 Å². The van der Waals surface area contributed by atoms with Crippen LogP contribution in [0.25, 0.3) is 0 Å². The molecule has 4 aliphatic rings. The molecule has 4 rings (SSSR count). The molecule has 0 spiro atoms. The van der Waals surface area contributed by atoms with Crippen molar-refractivity contribution in [2.45, 2.75) is 44.8 Å². The van der Waals surface area contributed by atoms with Crippen LogP contribution in [0.2, 0.25) is 0 Å². The molecule has 2 saturated heterocycles. The first-order chi connectivity index (χ1) is 6.43. The summed E-state index contributed by atoms with van der Waals surface area (Å²) in [4.78, 5) is 12.0. The summed E-state index contributed by atoms with van der Waals surface area (Å²) >= 11 is 0. The number of hydrogen-bond donors (Lipinski definition) is 0. The summed E-state index contributed by atoms with van der Waals surface area (Å²) in [6.07, 6.45) is 1.93. The normalized spacial score (nSPS) is 59.2. The smallest absolute Gasteiger partial charge is 0.182 e. The number of rotatable bonds is 0. The van der Waals surface area contributed by atoms with Crippen molar-refractivity contribution in [2.75, 3.05) is 0 Å². The van der Waals surface area contributed by atoms with Crippen molar-refractivity contribution in [3.63, 3.8) is 0 Å². The summed E-state index contributed by atoms with van der Waals surface area (Å²) in [6.45, 7) is 4.11. The van der Waals surface area contributed by atoms with Crippen LogP contribution in [-0.4, -0.2) is 17.5 Å². The summed E-state index contributed by atoms with van der Waals surface area (Å²) in [5.41, 5.74) is -1.01. The molecule has 0 aromatic rings. The van der Waals surface area contributed by atoms with E-state index in [1.807, 2.05) is 6.92 Å². The Morgan fingerprint density at radius 2 is 2.14 bits per heavy atom. The average molecular weight is 191 g/mol. The molecule has 3 nitrogen and oxygen atoms in total. The molecule has 2 heterocycles. The lowest BCUT2D eigenvalue weighted by Crippen LogP contribution is -2.46. The van der Waals surface area contributed by atoms with Gasteiger partial charge in [-0.1, -0.05) is 6.92 Å². The first-order valence-corrected chi connectivity index (χ1v) is 5.07. The molecule has 2 aliphatic heterocycles. The van der Waals surface area contributed by atoms with Gasteiger partial charge in [-0.3, -0.25) is 4.79 Å². The molecule has 4 unspecified atom stereocenters. The molecule has 4 fully saturated rings. The molecule has 4 atom stereocenters. The van der Waals surface area contributed by atoms with Gasteiger partial charge in [-0.25, -0.2) is 0 Å². The van der Waals surface area contributed by atoms with E-state index in [1.165, 1.54) is 0 Å². The van der Waals surface area contributed by atoms with E-state index in [1.54, 1.807) is 0 Å². The summed E-state index contributed by atoms with van der Waals surface area (Å²) in [6, 6.07) is 2.24. The van der Waals surface area contributed by atoms with Crippen LogP contribution in [0, 0.1) is 22.2 Å². The number of ether oxygens (including phenoxy) is 1. The molecule has 0 aromatic heterocycles. The van der Waals surface area contributed by atoms with Crippen LogP contribution >= 0.6 is 0 Å². The molecule has 14 heavy (non-hydrogen) atoms. The number of Topliss-reactive ketones (excluding diaryl/α,β-unsaturated/α-hetero) is 1. The minimum Gasteiger partial charge on any atom is -0.364 e. The highest BCUT2D eigenvalue weighted by Crippen LogP contribution is 2.66. The summed E-state index contributed by atoms with van der Waals surface area (Å²) in [5.74, 6) is 0.0393. The minimum atomic E-state index is -0.718. The highest BCUT2D eigenvalue weighted by Gasteiger charge is 2.72. The summed E-state index contributed by atoms with van der Waals surface area (Å²) < 4.78 is 5.78. The maximum absolute atomic E-state index is 12.0. The quantitative estimate of drug-likeness (QED) is 0.582. The fourth-order valence-corrected chi connectivity index (χ4v) is 3.99. The number of nitriles is 1. The Hall–Kier alpha value is -0.880. The van der Waals surface area contributed by atoms with Crippen LogP contribution in [0.1, 0.15) is 33.1 Å². The van der Waals surface area contributed by atoms with E-state index in [0.717, 1.165) is 6.42 Å². The van der Waals surface area contributed by atoms with Gasteiger partial charge in [0.15, 0.2) is 5.78 Å². The third-order valence-electron chi connectivity index (χ3n) is 4.12. The van der Waals surface area contributed by atoms with E-state index in [2.05, 4.69) is 13.0 Å². The molecule has 0 N–H and O–H groups in total. The van der Waals surface area contributed by atoms with E-state index < -0.39 is 5.41 Å². The standard InChI is InChI=1S/C11H13NO2/c1-9-3-10(2)5-11(4-9,6-12)7(13)8(9)14-10/h8H,3-5H2,1-2H3. The average Bonchev–Trinajstić information content (AvgIpc) is 2.36. The van der Waals surface area contributed by atoms with Crippen molar-refractivity contribution in [1.82, 2.24) is 0 Å². The number of carbonyl (C=O) groups is 1. The van der Waals surface area contributed by atoms with Crippen LogP contribution in [0.4, 0.5) is 0 Å². The van der Waals surface area contributed by atoms with Crippen LogP contribution in [0.3, 0.4) is 0 Å². The Balaban J connectivity index is 2.18. The maximum atomic E-state index is 12.0. The van der Waals surface area contributed by atoms with Gasteiger partial charge in [-0.05, 0) is 19.8 Å². The van der Waals surface area contributed by atoms with E-state index in [4.69, 9.17) is 4.74 Å². The van der Waals surface area contributed by atoms with E-state index >= 15 is 0 Å². The van der Waals surface area contributed by atoms with E-state index in [9.17, 15) is 10.1 Å². The number of carbonyl (C=O) groups excluding carboxylic acids is 1. The fraction of sp³-hybridized carbons (Fsp3) is 0.818. The van der Waals surface area contributed by atoms with Crippen LogP contribution < -0.4 is 0 Å². The van der Waals surface area contributed by atoms with Gasteiger partial charge in [0.2, 0.25) is 0 Å². The molecular formula is C11H13NO2. The molecule has 3 heteroatoms. The van der Waals surface area contributed by atoms with Crippen molar-refractivity contribution in [1.29, 1.82) is 5.26 Å². The van der Waals surface area contributed by atoms with Crippen molar-refractivity contribution >= 4 is 5.78 Å². The van der Waals surface area contributed by atoms with Crippen molar-refractivity contribution < 1.29 is 9.53 Å². The first-order valence-electron chi connectivity index (χ1n) is 5.07. The second kappa shape index (κ2) is 1.90. The van der Waals surface area contributed by atoms with Gasteiger partial charge in [-0.15, -0.1) is 0 Å². The number of ketones is 1. The SMILES string of the molecule is CC12CC3(C#N)CC(C)(C1)C(O2)C3=O. The van der Waals surface area contributed by atoms with Crippen molar-refractivity contribution in [2.24, 2.45) is 10.8 Å². The van der Waals surface area contributed by atoms with Crippen LogP contribution in [0.15, 0.2) is 0 Å². The predicted molar refractivity (Wildman–Crippen MR) is 48.3 cm³/mol. The zero-order chi connectivity index (χ0) is 10.2. The Bertz CT molecular complexity index is 381. The lowest BCUT2D eigenvalue weighted by atomic mass is 9.65. The van der Waals surface area contributed by atoms with Gasteiger partial charge in [0, 0.05) is 11.8 Å². The molecule has 0 aromatic carbocycles. The summed E-state index contributed by atoms with van der Waals surface area (Å²) in [7, 11) is 0. The molecule has 0 radical (unpaired) electrons. The molecule has 74 valence electrons. The third-order valence-corrected chi connectivity index (χ3v) is 4.12. The second-order valence-corrected chi connectivity index (χ2v) is 5.69. The second-order valence-electron chi connectivity index (χ2n) is 5.69. The minimum absolute atomic E-state index is 0.0393. The Labute approximate surface area is 83.0 Å². The Morgan fingerprint density at radius 1 is 1.43 bits per heavy atom. The largest absolute Gasteiger partial charge is 0.364 e. The fourth-order valence-electron chi connectivity index (χ4n) is 3.99. The number of nitrogens with zero attached hydrogens (tertiary/aromatic N) is 1. The number of hydrogen-bond acceptors (Lipinski definition) is 3. The lowest BCUT2D eigenvalue weighted by Gasteiger charge is -2.39. The molecule has 0 amide bonds. The van der Waals surface area contributed by atoms with Gasteiger partial charge in [0.1, 0.15) is 11.5 Å². The highest BCUT2D eigenvalue weighted by atomic mass is 16.5. The first kappa shape index (κ1) is 8.43. The molecule has 2 saturated carbocycles. The predicted octanol–water partition coefficient (Wildman–Crippen LogP) is 1.43. The lowest BCUT2D eigenvalue weighted by molar-refractivity contribution is -0.152. The van der Waals surface area contributed by atoms with E-state index in [0.29, 0.717) is 12.8 Å². The van der Waals surface area contributed by atoms with Crippen LogP contribution in [-0.2, 0) is 9.53 Å². The van der Waals surface area contributed by atoms with Crippen molar-refractivity contribution in [3.05, 3.63) is 0 Å². The molecular weight excluding hydrogens is 178 g/mol. The maximum Gasteiger partial charge on any atom is 0.182 e. The van der Waals surface area contributed by atoms with Gasteiger partial charge >= 0.3 is 0 Å². The topological polar surface area (TPSA) is 50.1 Å². The zero-order valence-electron chi connectivity index (χ0n) is 8.46. The Morgan fingerprint density at radius 3 is 2.71 bits per heavy atom. The van der Waals surface area contributed by atoms with Crippen molar-refractivity contribution in [3.8, 4) is 6.07 Å². The van der Waals surface area contributed by atoms with Gasteiger partial charge in [-0.2, -0.15) is 5.26 Å². The van der Waals surface area contributed by atoms with Gasteiger partial charge in [0.05, 0.1) is 11.7 Å². The molecule has 2 aliphatic carbocycles. The van der Waals surface area contributed by atoms with Crippen LogP contribution in [0.5, 0.6) is 0 Å². The third kappa shape index (κ3) is 0.674. The molecule has 4 bridgehead atoms. The summed E-state index contributed by atoms with van der Waals surface area (Å²) in [5, 5.41) is 9.18. The van der Waals surface area contributed by atoms with E-state index in [-0.39, 0.29) is 22.9 Å². The highest BCUT2D eigenvalue weighted by molar-refractivity contribution is 5.96. The van der Waals surface area contributed by atoms with Gasteiger partial charge in [0.25, 0.3) is 0 Å².